The summed E-state index contributed by atoms with van der Waals surface area (Å²) in [5.41, 5.74) is 2.51. The molecular weight excluding hydrogens is 180 g/mol. The van der Waals surface area contributed by atoms with E-state index in [1.165, 1.54) is 22.9 Å². The van der Waals surface area contributed by atoms with Crippen molar-refractivity contribution in [3.63, 3.8) is 0 Å². The molecule has 1 aliphatic rings. The summed E-state index contributed by atoms with van der Waals surface area (Å²) >= 11 is 1.38. The highest BCUT2D eigenvalue weighted by atomic mass is 32.2. The molecule has 2 rings (SSSR count). The number of carbonyl (C=O) groups excluding carboxylic acids is 1. The second kappa shape index (κ2) is 3.18. The molecule has 1 aromatic carbocycles. The molecule has 0 aromatic heterocycles. The molecule has 68 valence electrons. The number of carbonyl (C=O) groups is 1. The molecular formula is C11H12OS. The maximum Gasteiger partial charge on any atom is 0.198 e. The van der Waals surface area contributed by atoms with Crippen LogP contribution in [0.25, 0.3) is 0 Å². The molecule has 1 aromatic rings. The lowest BCUT2D eigenvalue weighted by molar-refractivity contribution is -0.110. The van der Waals surface area contributed by atoms with Gasteiger partial charge >= 0.3 is 0 Å². The number of hydrogen-bond donors (Lipinski definition) is 0. The maximum absolute atomic E-state index is 11.1. The maximum atomic E-state index is 11.1. The van der Waals surface area contributed by atoms with Crippen molar-refractivity contribution in [1.82, 2.24) is 0 Å². The molecule has 1 aliphatic heterocycles. The largest absolute Gasteiger partial charge is 0.286 e. The van der Waals surface area contributed by atoms with E-state index in [2.05, 4.69) is 32.0 Å². The van der Waals surface area contributed by atoms with Gasteiger partial charge in [-0.2, -0.15) is 0 Å². The van der Waals surface area contributed by atoms with Crippen LogP contribution in [0.15, 0.2) is 23.1 Å². The van der Waals surface area contributed by atoms with Crippen molar-refractivity contribution in [2.45, 2.75) is 31.1 Å². The summed E-state index contributed by atoms with van der Waals surface area (Å²) in [5, 5.41) is 0.274. The summed E-state index contributed by atoms with van der Waals surface area (Å²) in [6.45, 7) is 4.34. The molecule has 1 heterocycles. The van der Waals surface area contributed by atoms with Crippen LogP contribution in [-0.2, 0) is 11.2 Å². The average molecular weight is 192 g/mol. The number of benzene rings is 1. The Labute approximate surface area is 82.5 Å². The van der Waals surface area contributed by atoms with E-state index < -0.39 is 0 Å². The Morgan fingerprint density at radius 3 is 2.85 bits per heavy atom. The summed E-state index contributed by atoms with van der Waals surface area (Å²) in [7, 11) is 0. The van der Waals surface area contributed by atoms with Crippen LogP contribution >= 0.6 is 11.8 Å². The van der Waals surface area contributed by atoms with E-state index in [0.29, 0.717) is 12.3 Å². The van der Waals surface area contributed by atoms with Gasteiger partial charge in [0.1, 0.15) is 0 Å². The Balaban J connectivity index is 2.40. The zero-order valence-corrected chi connectivity index (χ0v) is 8.65. The second-order valence-electron chi connectivity index (χ2n) is 3.67. The average Bonchev–Trinajstić information content (AvgIpc) is 2.42. The normalized spacial score (nSPS) is 15.2. The second-order valence-corrected chi connectivity index (χ2v) is 4.77. The van der Waals surface area contributed by atoms with Crippen molar-refractivity contribution in [2.24, 2.45) is 0 Å². The fourth-order valence-electron chi connectivity index (χ4n) is 1.49. The van der Waals surface area contributed by atoms with Crippen LogP contribution in [0.5, 0.6) is 0 Å². The fraction of sp³-hybridized carbons (Fsp3) is 0.364. The monoisotopic (exact) mass is 192 g/mol. The van der Waals surface area contributed by atoms with Crippen molar-refractivity contribution in [1.29, 1.82) is 0 Å². The van der Waals surface area contributed by atoms with Gasteiger partial charge in [0, 0.05) is 11.3 Å². The molecule has 0 bridgehead atoms. The summed E-state index contributed by atoms with van der Waals surface area (Å²) < 4.78 is 0. The lowest BCUT2D eigenvalue weighted by atomic mass is 10.0. The van der Waals surface area contributed by atoms with Crippen molar-refractivity contribution < 1.29 is 4.79 Å². The number of hydrogen-bond acceptors (Lipinski definition) is 2. The molecule has 2 heteroatoms. The predicted octanol–water partition coefficient (Wildman–Crippen LogP) is 2.98. The zero-order valence-electron chi connectivity index (χ0n) is 7.83. The number of fused-ring (bicyclic) bond motifs is 1. The minimum absolute atomic E-state index is 0.274. The van der Waals surface area contributed by atoms with Gasteiger partial charge in [0.25, 0.3) is 0 Å². The Hall–Kier alpha value is -0.760. The first kappa shape index (κ1) is 8.82. The van der Waals surface area contributed by atoms with Gasteiger partial charge in [-0.1, -0.05) is 37.7 Å². The highest BCUT2D eigenvalue weighted by molar-refractivity contribution is 8.14. The van der Waals surface area contributed by atoms with Crippen molar-refractivity contribution in [3.8, 4) is 0 Å². The first-order valence-electron chi connectivity index (χ1n) is 4.50. The van der Waals surface area contributed by atoms with Gasteiger partial charge in [0.2, 0.25) is 0 Å². The standard InChI is InChI=1S/C11H12OS/c1-7(2)8-3-4-9-6-11(12)13-10(9)5-8/h3-5,7H,6H2,1-2H3. The summed E-state index contributed by atoms with van der Waals surface area (Å²) in [6.07, 6.45) is 0.609. The topological polar surface area (TPSA) is 17.1 Å². The van der Waals surface area contributed by atoms with Crippen LogP contribution in [0.1, 0.15) is 30.9 Å². The van der Waals surface area contributed by atoms with Gasteiger partial charge in [-0.25, -0.2) is 0 Å². The van der Waals surface area contributed by atoms with Crippen LogP contribution < -0.4 is 0 Å². The number of thioether (sulfide) groups is 1. The third kappa shape index (κ3) is 1.63. The molecule has 0 fully saturated rings. The van der Waals surface area contributed by atoms with Gasteiger partial charge in [0.05, 0.1) is 0 Å². The van der Waals surface area contributed by atoms with E-state index in [0.717, 1.165) is 4.90 Å². The minimum atomic E-state index is 0.274. The SMILES string of the molecule is CC(C)c1ccc2c(c1)SC(=O)C2. The Morgan fingerprint density at radius 1 is 1.38 bits per heavy atom. The van der Waals surface area contributed by atoms with E-state index in [1.54, 1.807) is 0 Å². The fourth-order valence-corrected chi connectivity index (χ4v) is 2.42. The van der Waals surface area contributed by atoms with Crippen molar-refractivity contribution >= 4 is 16.9 Å². The third-order valence-electron chi connectivity index (χ3n) is 2.32. The van der Waals surface area contributed by atoms with Crippen LogP contribution in [-0.4, -0.2) is 5.12 Å². The third-order valence-corrected chi connectivity index (χ3v) is 3.29. The lowest BCUT2D eigenvalue weighted by Gasteiger charge is -2.06. The molecule has 0 aliphatic carbocycles. The molecule has 0 N–H and O–H groups in total. The van der Waals surface area contributed by atoms with Gasteiger partial charge in [-0.3, -0.25) is 4.79 Å². The van der Waals surface area contributed by atoms with Crippen LogP contribution in [0.2, 0.25) is 0 Å². The molecule has 0 amide bonds. The van der Waals surface area contributed by atoms with Crippen LogP contribution in [0.4, 0.5) is 0 Å². The summed E-state index contributed by atoms with van der Waals surface area (Å²) in [6, 6.07) is 6.36. The van der Waals surface area contributed by atoms with E-state index >= 15 is 0 Å². The molecule has 0 unspecified atom stereocenters. The molecule has 1 nitrogen and oxygen atoms in total. The summed E-state index contributed by atoms with van der Waals surface area (Å²) in [5.74, 6) is 0.543. The number of rotatable bonds is 1. The molecule has 13 heavy (non-hydrogen) atoms. The smallest absolute Gasteiger partial charge is 0.198 e. The Kier molecular flexibility index (Phi) is 2.16. The highest BCUT2D eigenvalue weighted by Crippen LogP contribution is 2.34. The molecule has 0 saturated heterocycles. The lowest BCUT2D eigenvalue weighted by Crippen LogP contribution is -1.89. The Bertz CT molecular complexity index is 355. The van der Waals surface area contributed by atoms with E-state index in [9.17, 15) is 4.79 Å². The zero-order chi connectivity index (χ0) is 9.42. The molecule has 0 atom stereocenters. The van der Waals surface area contributed by atoms with E-state index in [1.807, 2.05) is 0 Å². The van der Waals surface area contributed by atoms with Crippen molar-refractivity contribution in [2.75, 3.05) is 0 Å². The van der Waals surface area contributed by atoms with Gasteiger partial charge in [0.15, 0.2) is 5.12 Å². The van der Waals surface area contributed by atoms with Crippen LogP contribution in [0, 0.1) is 0 Å². The predicted molar refractivity (Wildman–Crippen MR) is 55.1 cm³/mol. The highest BCUT2D eigenvalue weighted by Gasteiger charge is 2.19. The Morgan fingerprint density at radius 2 is 2.15 bits per heavy atom. The summed E-state index contributed by atoms with van der Waals surface area (Å²) in [4.78, 5) is 12.3. The van der Waals surface area contributed by atoms with Crippen molar-refractivity contribution in [3.05, 3.63) is 29.3 Å². The minimum Gasteiger partial charge on any atom is -0.286 e. The quantitative estimate of drug-likeness (QED) is 0.680. The van der Waals surface area contributed by atoms with E-state index in [-0.39, 0.29) is 5.12 Å². The van der Waals surface area contributed by atoms with Crippen LogP contribution in [0.3, 0.4) is 0 Å². The first-order chi connectivity index (χ1) is 6.16. The molecule has 0 spiro atoms. The van der Waals surface area contributed by atoms with Gasteiger partial charge in [-0.15, -0.1) is 0 Å². The van der Waals surface area contributed by atoms with E-state index in [4.69, 9.17) is 0 Å². The van der Waals surface area contributed by atoms with Gasteiger partial charge < -0.3 is 0 Å². The molecule has 0 radical (unpaired) electrons. The first-order valence-corrected chi connectivity index (χ1v) is 5.32. The van der Waals surface area contributed by atoms with Gasteiger partial charge in [-0.05, 0) is 23.1 Å². The molecule has 0 saturated carbocycles.